The standard InChI is InChI=1S/C27H28N4O/c1-17-5-10-22-23-15-19(16-29-25(23)26(28)30-24(22)13-17)6-7-20-8-9-21(14-18(20)2)27(32)31-11-3-4-12-31/h5,8-10,13-16H,3-4,6-7,11-12H2,1-2H3,(H2,28,30). The van der Waals surface area contributed by atoms with Crippen molar-refractivity contribution in [1.82, 2.24) is 14.9 Å². The van der Waals surface area contributed by atoms with Gasteiger partial charge in [-0.05, 0) is 86.1 Å². The summed E-state index contributed by atoms with van der Waals surface area (Å²) >= 11 is 0. The number of nitrogen functional groups attached to an aromatic ring is 1. The van der Waals surface area contributed by atoms with Crippen molar-refractivity contribution in [3.8, 4) is 0 Å². The smallest absolute Gasteiger partial charge is 0.253 e. The van der Waals surface area contributed by atoms with E-state index in [1.54, 1.807) is 0 Å². The number of aryl methyl sites for hydroxylation is 4. The Morgan fingerprint density at radius 3 is 2.59 bits per heavy atom. The lowest BCUT2D eigenvalue weighted by molar-refractivity contribution is 0.0792. The van der Waals surface area contributed by atoms with Gasteiger partial charge in [-0.25, -0.2) is 4.98 Å². The summed E-state index contributed by atoms with van der Waals surface area (Å²) in [4.78, 5) is 23.8. The number of pyridine rings is 2. The first kappa shape index (κ1) is 20.4. The Morgan fingerprint density at radius 2 is 1.81 bits per heavy atom. The van der Waals surface area contributed by atoms with E-state index in [1.807, 2.05) is 23.2 Å². The van der Waals surface area contributed by atoms with E-state index in [0.29, 0.717) is 5.82 Å². The second kappa shape index (κ2) is 8.23. The zero-order chi connectivity index (χ0) is 22.2. The van der Waals surface area contributed by atoms with E-state index in [9.17, 15) is 4.79 Å². The summed E-state index contributed by atoms with van der Waals surface area (Å²) in [5, 5.41) is 2.13. The summed E-state index contributed by atoms with van der Waals surface area (Å²) < 4.78 is 0. The van der Waals surface area contributed by atoms with Gasteiger partial charge in [0.2, 0.25) is 0 Å². The highest BCUT2D eigenvalue weighted by molar-refractivity contribution is 6.08. The molecule has 0 bridgehead atoms. The van der Waals surface area contributed by atoms with Gasteiger partial charge in [-0.3, -0.25) is 9.78 Å². The third kappa shape index (κ3) is 3.79. The molecular formula is C27H28N4O. The molecule has 2 aromatic carbocycles. The molecule has 2 N–H and O–H groups in total. The average Bonchev–Trinajstić information content (AvgIpc) is 3.32. The molecule has 162 valence electrons. The number of likely N-dealkylation sites (tertiary alicyclic amines) is 1. The van der Waals surface area contributed by atoms with Gasteiger partial charge in [-0.1, -0.05) is 18.2 Å². The highest BCUT2D eigenvalue weighted by atomic mass is 16.2. The number of rotatable bonds is 4. The van der Waals surface area contributed by atoms with Crippen molar-refractivity contribution in [2.75, 3.05) is 18.8 Å². The monoisotopic (exact) mass is 424 g/mol. The molecule has 0 saturated carbocycles. The van der Waals surface area contributed by atoms with Crippen molar-refractivity contribution in [1.29, 1.82) is 0 Å². The molecule has 5 nitrogen and oxygen atoms in total. The molecule has 0 unspecified atom stereocenters. The number of fused-ring (bicyclic) bond motifs is 3. The van der Waals surface area contributed by atoms with Crippen LogP contribution in [-0.4, -0.2) is 33.9 Å². The minimum atomic E-state index is 0.157. The van der Waals surface area contributed by atoms with Gasteiger partial charge in [0.15, 0.2) is 5.82 Å². The number of carbonyl (C=O) groups excluding carboxylic acids is 1. The molecule has 2 aromatic heterocycles. The third-order valence-electron chi connectivity index (χ3n) is 6.54. The molecule has 32 heavy (non-hydrogen) atoms. The zero-order valence-corrected chi connectivity index (χ0v) is 18.7. The van der Waals surface area contributed by atoms with E-state index in [2.05, 4.69) is 54.1 Å². The maximum Gasteiger partial charge on any atom is 0.253 e. The Kier molecular flexibility index (Phi) is 5.25. The third-order valence-corrected chi connectivity index (χ3v) is 6.54. The maximum atomic E-state index is 12.7. The second-order valence-corrected chi connectivity index (χ2v) is 8.90. The Morgan fingerprint density at radius 1 is 1.00 bits per heavy atom. The van der Waals surface area contributed by atoms with E-state index < -0.39 is 0 Å². The lowest BCUT2D eigenvalue weighted by Gasteiger charge is -2.16. The topological polar surface area (TPSA) is 72.1 Å². The quantitative estimate of drug-likeness (QED) is 0.468. The van der Waals surface area contributed by atoms with Crippen LogP contribution in [0, 0.1) is 13.8 Å². The van der Waals surface area contributed by atoms with Crippen molar-refractivity contribution in [2.24, 2.45) is 0 Å². The predicted octanol–water partition coefficient (Wildman–Crippen LogP) is 5.00. The second-order valence-electron chi connectivity index (χ2n) is 8.90. The largest absolute Gasteiger partial charge is 0.382 e. The molecule has 1 amide bonds. The summed E-state index contributed by atoms with van der Waals surface area (Å²) in [5.41, 5.74) is 13.4. The fraction of sp³-hybridized carbons (Fsp3) is 0.296. The minimum Gasteiger partial charge on any atom is -0.382 e. The average molecular weight is 425 g/mol. The van der Waals surface area contributed by atoms with E-state index in [0.717, 1.165) is 77.3 Å². The van der Waals surface area contributed by atoms with Crippen molar-refractivity contribution in [3.05, 3.63) is 76.5 Å². The van der Waals surface area contributed by atoms with Gasteiger partial charge in [-0.2, -0.15) is 0 Å². The van der Waals surface area contributed by atoms with Gasteiger partial charge >= 0.3 is 0 Å². The summed E-state index contributed by atoms with van der Waals surface area (Å²) in [7, 11) is 0. The number of amides is 1. The molecule has 0 atom stereocenters. The summed E-state index contributed by atoms with van der Waals surface area (Å²) in [6.07, 6.45) is 5.90. The summed E-state index contributed by atoms with van der Waals surface area (Å²) in [6.45, 7) is 5.91. The van der Waals surface area contributed by atoms with Crippen LogP contribution in [0.15, 0.2) is 48.7 Å². The molecule has 1 saturated heterocycles. The van der Waals surface area contributed by atoms with Crippen molar-refractivity contribution in [2.45, 2.75) is 39.5 Å². The van der Waals surface area contributed by atoms with Gasteiger partial charge in [0, 0.05) is 35.6 Å². The van der Waals surface area contributed by atoms with Crippen LogP contribution in [0.2, 0.25) is 0 Å². The van der Waals surface area contributed by atoms with Crippen molar-refractivity contribution in [3.63, 3.8) is 0 Å². The number of nitrogens with two attached hydrogens (primary N) is 1. The van der Waals surface area contributed by atoms with Crippen LogP contribution in [0.5, 0.6) is 0 Å². The van der Waals surface area contributed by atoms with Gasteiger partial charge in [0.05, 0.1) is 5.52 Å². The van der Waals surface area contributed by atoms with Gasteiger partial charge in [-0.15, -0.1) is 0 Å². The fourth-order valence-corrected chi connectivity index (χ4v) is 4.69. The van der Waals surface area contributed by atoms with E-state index >= 15 is 0 Å². The van der Waals surface area contributed by atoms with Crippen LogP contribution in [0.25, 0.3) is 21.8 Å². The number of hydrogen-bond acceptors (Lipinski definition) is 4. The number of carbonyl (C=O) groups is 1. The molecule has 5 heteroatoms. The lowest BCUT2D eigenvalue weighted by Crippen LogP contribution is -2.27. The Balaban J connectivity index is 1.39. The molecular weight excluding hydrogens is 396 g/mol. The highest BCUT2D eigenvalue weighted by Gasteiger charge is 2.19. The fourth-order valence-electron chi connectivity index (χ4n) is 4.69. The molecule has 1 aliphatic heterocycles. The first-order valence-electron chi connectivity index (χ1n) is 11.3. The van der Waals surface area contributed by atoms with Crippen LogP contribution in [-0.2, 0) is 12.8 Å². The lowest BCUT2D eigenvalue weighted by atomic mass is 9.98. The van der Waals surface area contributed by atoms with Crippen molar-refractivity contribution >= 4 is 33.5 Å². The SMILES string of the molecule is Cc1ccc2c(c1)nc(N)c1ncc(CCc3ccc(C(=O)N4CCCC4)cc3C)cc12. The van der Waals surface area contributed by atoms with Crippen LogP contribution in [0.1, 0.15) is 45.5 Å². The Hall–Kier alpha value is -3.47. The molecule has 5 rings (SSSR count). The van der Waals surface area contributed by atoms with Gasteiger partial charge in [0.25, 0.3) is 5.91 Å². The molecule has 3 heterocycles. The highest BCUT2D eigenvalue weighted by Crippen LogP contribution is 2.28. The number of anilines is 1. The first-order valence-corrected chi connectivity index (χ1v) is 11.3. The van der Waals surface area contributed by atoms with E-state index in [4.69, 9.17) is 5.73 Å². The summed E-state index contributed by atoms with van der Waals surface area (Å²) in [5.74, 6) is 0.628. The number of aromatic nitrogens is 2. The number of benzene rings is 2. The molecule has 1 fully saturated rings. The van der Waals surface area contributed by atoms with Gasteiger partial charge < -0.3 is 10.6 Å². The Labute approximate surface area is 188 Å². The van der Waals surface area contributed by atoms with Crippen molar-refractivity contribution < 1.29 is 4.79 Å². The molecule has 4 aromatic rings. The molecule has 0 aliphatic carbocycles. The van der Waals surface area contributed by atoms with Crippen LogP contribution >= 0.6 is 0 Å². The molecule has 1 aliphatic rings. The first-order chi connectivity index (χ1) is 15.5. The zero-order valence-electron chi connectivity index (χ0n) is 18.7. The van der Waals surface area contributed by atoms with Crippen LogP contribution in [0.4, 0.5) is 5.82 Å². The minimum absolute atomic E-state index is 0.157. The maximum absolute atomic E-state index is 12.7. The molecule has 0 radical (unpaired) electrons. The number of nitrogens with zero attached hydrogens (tertiary/aromatic N) is 3. The van der Waals surface area contributed by atoms with E-state index in [-0.39, 0.29) is 5.91 Å². The van der Waals surface area contributed by atoms with Gasteiger partial charge in [0.1, 0.15) is 5.52 Å². The predicted molar refractivity (Wildman–Crippen MR) is 130 cm³/mol. The van der Waals surface area contributed by atoms with Crippen LogP contribution in [0.3, 0.4) is 0 Å². The summed E-state index contributed by atoms with van der Waals surface area (Å²) in [6, 6.07) is 14.6. The number of hydrogen-bond donors (Lipinski definition) is 1. The van der Waals surface area contributed by atoms with E-state index in [1.165, 1.54) is 11.1 Å². The Bertz CT molecular complexity index is 1340. The van der Waals surface area contributed by atoms with Crippen LogP contribution < -0.4 is 5.73 Å². The molecule has 0 spiro atoms. The normalized spacial score (nSPS) is 13.9.